The molecule has 0 unspecified atom stereocenters. The van der Waals surface area contributed by atoms with E-state index in [-0.39, 0.29) is 17.9 Å². The van der Waals surface area contributed by atoms with Gasteiger partial charge in [-0.05, 0) is 50.7 Å². The van der Waals surface area contributed by atoms with Gasteiger partial charge in [-0.2, -0.15) is 0 Å². The van der Waals surface area contributed by atoms with Crippen molar-refractivity contribution in [3.05, 3.63) is 34.4 Å². The third-order valence-electron chi connectivity index (χ3n) is 4.51. The van der Waals surface area contributed by atoms with E-state index in [4.69, 9.17) is 9.47 Å². The van der Waals surface area contributed by atoms with Crippen LogP contribution in [0.25, 0.3) is 0 Å². The Morgan fingerprint density at radius 3 is 2.40 bits per heavy atom. The van der Waals surface area contributed by atoms with Crippen molar-refractivity contribution in [1.29, 1.82) is 0 Å². The van der Waals surface area contributed by atoms with Crippen LogP contribution in [0, 0.1) is 26.7 Å². The lowest BCUT2D eigenvalue weighted by Crippen LogP contribution is -2.43. The number of hydrogen-bond acceptors (Lipinski definition) is 4. The van der Waals surface area contributed by atoms with Crippen molar-refractivity contribution in [3.63, 3.8) is 0 Å². The Labute approximate surface area is 150 Å². The Bertz CT molecular complexity index is 610. The van der Waals surface area contributed by atoms with Gasteiger partial charge in [0.25, 0.3) is 5.91 Å². The molecule has 0 aliphatic carbocycles. The van der Waals surface area contributed by atoms with Gasteiger partial charge in [-0.3, -0.25) is 4.79 Å². The molecule has 0 bridgehead atoms. The van der Waals surface area contributed by atoms with Crippen molar-refractivity contribution in [2.75, 3.05) is 13.2 Å². The molecule has 1 aliphatic heterocycles. The molecule has 1 aromatic rings. The Hall–Kier alpha value is -1.88. The number of hydrogen-bond donors (Lipinski definition) is 1. The van der Waals surface area contributed by atoms with Crippen LogP contribution in [0.4, 0.5) is 0 Å². The van der Waals surface area contributed by atoms with Gasteiger partial charge >= 0.3 is 5.97 Å². The zero-order chi connectivity index (χ0) is 18.6. The first-order valence-electron chi connectivity index (χ1n) is 8.97. The molecule has 1 amide bonds. The van der Waals surface area contributed by atoms with Crippen LogP contribution in [0.3, 0.4) is 0 Å². The number of nitrogens with one attached hydrogen (secondary N) is 1. The molecule has 2 atom stereocenters. The van der Waals surface area contributed by atoms with Gasteiger partial charge in [0, 0.05) is 13.2 Å². The standard InChI is InChI=1S/C20H29NO4/c1-12(2)18(19(22)21-11-16-7-6-8-24-16)25-20(23)17-14(4)9-13(3)10-15(17)5/h9-10,12,16,18H,6-8,11H2,1-5H3,(H,21,22)/t16-,18+/m0/s1. The van der Waals surface area contributed by atoms with Crippen LogP contribution in [0.15, 0.2) is 12.1 Å². The van der Waals surface area contributed by atoms with Crippen LogP contribution < -0.4 is 5.32 Å². The molecule has 0 aromatic heterocycles. The Morgan fingerprint density at radius 2 is 1.88 bits per heavy atom. The van der Waals surface area contributed by atoms with Gasteiger partial charge in [-0.15, -0.1) is 0 Å². The molecule has 1 fully saturated rings. The Morgan fingerprint density at radius 1 is 1.24 bits per heavy atom. The minimum absolute atomic E-state index is 0.0639. The fourth-order valence-corrected chi connectivity index (χ4v) is 3.29. The summed E-state index contributed by atoms with van der Waals surface area (Å²) in [5, 5.41) is 2.86. The van der Waals surface area contributed by atoms with E-state index >= 15 is 0 Å². The fraction of sp³-hybridized carbons (Fsp3) is 0.600. The summed E-state index contributed by atoms with van der Waals surface area (Å²) >= 11 is 0. The number of amides is 1. The van der Waals surface area contributed by atoms with Gasteiger partial charge < -0.3 is 14.8 Å². The van der Waals surface area contributed by atoms with Gasteiger partial charge in [-0.25, -0.2) is 4.79 Å². The van der Waals surface area contributed by atoms with Crippen molar-refractivity contribution < 1.29 is 19.1 Å². The highest BCUT2D eigenvalue weighted by Crippen LogP contribution is 2.20. The molecule has 0 radical (unpaired) electrons. The van der Waals surface area contributed by atoms with Gasteiger partial charge in [0.1, 0.15) is 0 Å². The van der Waals surface area contributed by atoms with E-state index in [1.54, 1.807) is 0 Å². The predicted octanol–water partition coefficient (Wildman–Crippen LogP) is 3.09. The monoisotopic (exact) mass is 347 g/mol. The highest BCUT2D eigenvalue weighted by Gasteiger charge is 2.29. The normalized spacial score (nSPS) is 18.2. The van der Waals surface area contributed by atoms with Crippen molar-refractivity contribution in [2.24, 2.45) is 5.92 Å². The lowest BCUT2D eigenvalue weighted by atomic mass is 9.99. The fourth-order valence-electron chi connectivity index (χ4n) is 3.29. The van der Waals surface area contributed by atoms with Gasteiger partial charge in [0.15, 0.2) is 6.10 Å². The highest BCUT2D eigenvalue weighted by molar-refractivity contribution is 5.95. The molecule has 138 valence electrons. The maximum Gasteiger partial charge on any atom is 0.339 e. The summed E-state index contributed by atoms with van der Waals surface area (Å²) in [6, 6.07) is 3.90. The Kier molecular flexibility index (Phi) is 6.59. The maximum atomic E-state index is 12.7. The van der Waals surface area contributed by atoms with E-state index < -0.39 is 12.1 Å². The van der Waals surface area contributed by atoms with Gasteiger partial charge in [0.05, 0.1) is 11.7 Å². The number of carbonyl (C=O) groups is 2. The van der Waals surface area contributed by atoms with Crippen LogP contribution in [-0.4, -0.2) is 37.2 Å². The summed E-state index contributed by atoms with van der Waals surface area (Å²) in [6.07, 6.45) is 1.23. The van der Waals surface area contributed by atoms with Gasteiger partial charge in [-0.1, -0.05) is 31.5 Å². The summed E-state index contributed by atoms with van der Waals surface area (Å²) in [5.41, 5.74) is 3.37. The quantitative estimate of drug-likeness (QED) is 0.803. The molecule has 5 heteroatoms. The summed E-state index contributed by atoms with van der Waals surface area (Å²) in [4.78, 5) is 25.1. The van der Waals surface area contributed by atoms with Crippen molar-refractivity contribution in [2.45, 2.75) is 59.7 Å². The molecule has 1 heterocycles. The Balaban J connectivity index is 2.05. The summed E-state index contributed by atoms with van der Waals surface area (Å²) in [5.74, 6) is -0.818. The first-order valence-corrected chi connectivity index (χ1v) is 8.97. The van der Waals surface area contributed by atoms with E-state index in [0.717, 1.165) is 36.1 Å². The second-order valence-corrected chi connectivity index (χ2v) is 7.22. The molecule has 1 aromatic carbocycles. The van der Waals surface area contributed by atoms with E-state index in [0.29, 0.717) is 12.1 Å². The van der Waals surface area contributed by atoms with Crippen LogP contribution in [0.2, 0.25) is 0 Å². The molecule has 25 heavy (non-hydrogen) atoms. The number of esters is 1. The zero-order valence-electron chi connectivity index (χ0n) is 15.8. The second kappa shape index (κ2) is 8.48. The molecular formula is C20H29NO4. The van der Waals surface area contributed by atoms with E-state index in [9.17, 15) is 9.59 Å². The molecule has 0 saturated carbocycles. The van der Waals surface area contributed by atoms with E-state index in [1.165, 1.54) is 0 Å². The SMILES string of the molecule is Cc1cc(C)c(C(=O)O[C@@H](C(=O)NC[C@@H]2CCCO2)C(C)C)c(C)c1. The molecule has 0 spiro atoms. The number of carbonyl (C=O) groups excluding carboxylic acids is 2. The number of benzene rings is 1. The predicted molar refractivity (Wildman–Crippen MR) is 96.7 cm³/mol. The zero-order valence-corrected chi connectivity index (χ0v) is 15.8. The second-order valence-electron chi connectivity index (χ2n) is 7.22. The van der Waals surface area contributed by atoms with Gasteiger partial charge in [0.2, 0.25) is 0 Å². The topological polar surface area (TPSA) is 64.6 Å². The van der Waals surface area contributed by atoms with Crippen LogP contribution in [0.5, 0.6) is 0 Å². The van der Waals surface area contributed by atoms with Crippen LogP contribution >= 0.6 is 0 Å². The first-order chi connectivity index (χ1) is 11.8. The molecule has 1 saturated heterocycles. The van der Waals surface area contributed by atoms with Crippen molar-refractivity contribution in [1.82, 2.24) is 5.32 Å². The lowest BCUT2D eigenvalue weighted by Gasteiger charge is -2.22. The maximum absolute atomic E-state index is 12.7. The molecule has 1 aliphatic rings. The number of ether oxygens (including phenoxy) is 2. The van der Waals surface area contributed by atoms with E-state index in [2.05, 4.69) is 5.32 Å². The average molecular weight is 347 g/mol. The minimum Gasteiger partial charge on any atom is -0.448 e. The smallest absolute Gasteiger partial charge is 0.339 e. The molecule has 2 rings (SSSR count). The third-order valence-corrected chi connectivity index (χ3v) is 4.51. The number of aryl methyl sites for hydroxylation is 3. The van der Waals surface area contributed by atoms with Crippen LogP contribution in [0.1, 0.15) is 53.7 Å². The summed E-state index contributed by atoms with van der Waals surface area (Å²) in [7, 11) is 0. The minimum atomic E-state index is -0.811. The van der Waals surface area contributed by atoms with Crippen molar-refractivity contribution >= 4 is 11.9 Å². The molecule has 5 nitrogen and oxygen atoms in total. The van der Waals surface area contributed by atoms with Crippen LogP contribution in [-0.2, 0) is 14.3 Å². The number of rotatable bonds is 6. The molecular weight excluding hydrogens is 318 g/mol. The van der Waals surface area contributed by atoms with Crippen molar-refractivity contribution in [3.8, 4) is 0 Å². The summed E-state index contributed by atoms with van der Waals surface area (Å²) in [6.45, 7) is 10.7. The summed E-state index contributed by atoms with van der Waals surface area (Å²) < 4.78 is 11.1. The van der Waals surface area contributed by atoms with E-state index in [1.807, 2.05) is 46.8 Å². The lowest BCUT2D eigenvalue weighted by molar-refractivity contribution is -0.132. The average Bonchev–Trinajstić information content (AvgIpc) is 3.02. The largest absolute Gasteiger partial charge is 0.448 e. The first kappa shape index (κ1) is 19.4. The molecule has 1 N–H and O–H groups in total. The third kappa shape index (κ3) is 5.05. The highest BCUT2D eigenvalue weighted by atomic mass is 16.5.